The number of amides is 1. The zero-order valence-electron chi connectivity index (χ0n) is 14.5. The van der Waals surface area contributed by atoms with Gasteiger partial charge >= 0.3 is 5.97 Å². The molecule has 1 aromatic carbocycles. The van der Waals surface area contributed by atoms with Gasteiger partial charge in [-0.3, -0.25) is 4.79 Å². The van der Waals surface area contributed by atoms with E-state index < -0.39 is 11.8 Å². The average Bonchev–Trinajstić information content (AvgIpc) is 3.05. The molecule has 0 fully saturated rings. The van der Waals surface area contributed by atoms with E-state index in [2.05, 4.69) is 9.72 Å². The Balaban J connectivity index is 2.19. The van der Waals surface area contributed by atoms with E-state index >= 15 is 0 Å². The van der Waals surface area contributed by atoms with Crippen molar-refractivity contribution in [2.75, 3.05) is 13.7 Å². The second-order valence-electron chi connectivity index (χ2n) is 6.04. The van der Waals surface area contributed by atoms with E-state index in [-0.39, 0.29) is 29.6 Å². The van der Waals surface area contributed by atoms with Crippen LogP contribution in [0.15, 0.2) is 34.9 Å². The van der Waals surface area contributed by atoms with E-state index in [0.29, 0.717) is 12.5 Å². The molecule has 6 nitrogen and oxygen atoms in total. The number of halogens is 1. The normalized spacial score (nSPS) is 10.8. The molecule has 2 aromatic rings. The molecule has 0 aliphatic carbocycles. The Hall–Kier alpha value is -2.70. The number of rotatable bonds is 7. The van der Waals surface area contributed by atoms with Crippen LogP contribution in [0.25, 0.3) is 0 Å². The number of ether oxygens (including phenoxy) is 1. The van der Waals surface area contributed by atoms with Crippen LogP contribution in [0.2, 0.25) is 0 Å². The second-order valence-corrected chi connectivity index (χ2v) is 6.04. The van der Waals surface area contributed by atoms with E-state index in [0.717, 1.165) is 6.42 Å². The van der Waals surface area contributed by atoms with Gasteiger partial charge in [0.25, 0.3) is 5.91 Å². The minimum absolute atomic E-state index is 0.0412. The number of carbonyl (C=O) groups is 2. The first-order valence-corrected chi connectivity index (χ1v) is 7.98. The molecule has 0 radical (unpaired) electrons. The van der Waals surface area contributed by atoms with Crippen LogP contribution < -0.4 is 0 Å². The van der Waals surface area contributed by atoms with Crippen LogP contribution in [0.3, 0.4) is 0 Å². The van der Waals surface area contributed by atoms with Crippen molar-refractivity contribution in [1.29, 1.82) is 0 Å². The summed E-state index contributed by atoms with van der Waals surface area (Å²) in [5, 5.41) is 0. The van der Waals surface area contributed by atoms with Crippen molar-refractivity contribution in [3.63, 3.8) is 0 Å². The Labute approximate surface area is 145 Å². The monoisotopic (exact) mass is 348 g/mol. The third-order valence-electron chi connectivity index (χ3n) is 3.61. The van der Waals surface area contributed by atoms with Crippen molar-refractivity contribution in [2.24, 2.45) is 5.92 Å². The Morgan fingerprint density at radius 3 is 2.76 bits per heavy atom. The van der Waals surface area contributed by atoms with Crippen molar-refractivity contribution < 1.29 is 23.1 Å². The molecule has 1 heterocycles. The molecule has 0 atom stereocenters. The minimum atomic E-state index is -0.611. The highest BCUT2D eigenvalue weighted by atomic mass is 19.1. The molecule has 0 bridgehead atoms. The van der Waals surface area contributed by atoms with Crippen LogP contribution in [0, 0.1) is 11.7 Å². The summed E-state index contributed by atoms with van der Waals surface area (Å²) in [6, 6.07) is 5.53. The average molecular weight is 348 g/mol. The molecular weight excluding hydrogens is 327 g/mol. The van der Waals surface area contributed by atoms with Crippen LogP contribution in [0.1, 0.15) is 47.0 Å². The quantitative estimate of drug-likeness (QED) is 0.718. The fourth-order valence-corrected chi connectivity index (χ4v) is 2.22. The summed E-state index contributed by atoms with van der Waals surface area (Å²) in [4.78, 5) is 29.7. The largest absolute Gasteiger partial charge is 0.464 e. The minimum Gasteiger partial charge on any atom is -0.464 e. The van der Waals surface area contributed by atoms with E-state index in [4.69, 9.17) is 4.42 Å². The number of benzene rings is 1. The standard InChI is InChI=1S/C18H21FN2O4/c1-12(2)7-8-21(17(22)13-5-4-6-14(19)9-13)10-16-20-15(11-25-16)18(23)24-3/h4-6,9,11-12H,7-8,10H2,1-3H3. The lowest BCUT2D eigenvalue weighted by atomic mass is 10.1. The number of hydrogen-bond donors (Lipinski definition) is 0. The van der Waals surface area contributed by atoms with Gasteiger partial charge < -0.3 is 14.1 Å². The van der Waals surface area contributed by atoms with Crippen molar-refractivity contribution in [3.05, 3.63) is 53.5 Å². The van der Waals surface area contributed by atoms with E-state index in [1.807, 2.05) is 13.8 Å². The Bertz CT molecular complexity index is 742. The number of oxazole rings is 1. The maximum absolute atomic E-state index is 13.4. The fourth-order valence-electron chi connectivity index (χ4n) is 2.22. The van der Waals surface area contributed by atoms with Crippen molar-refractivity contribution in [3.8, 4) is 0 Å². The van der Waals surface area contributed by atoms with Crippen LogP contribution in [-0.4, -0.2) is 35.4 Å². The van der Waals surface area contributed by atoms with Gasteiger partial charge in [0.2, 0.25) is 5.89 Å². The van der Waals surface area contributed by atoms with Gasteiger partial charge in [0.1, 0.15) is 12.1 Å². The predicted octanol–water partition coefficient (Wildman–Crippen LogP) is 3.29. The van der Waals surface area contributed by atoms with Crippen LogP contribution in [0.4, 0.5) is 4.39 Å². The predicted molar refractivity (Wildman–Crippen MR) is 88.4 cm³/mol. The van der Waals surface area contributed by atoms with E-state index in [1.54, 1.807) is 6.07 Å². The summed E-state index contributed by atoms with van der Waals surface area (Å²) < 4.78 is 23.2. The topological polar surface area (TPSA) is 72.6 Å². The van der Waals surface area contributed by atoms with Gasteiger partial charge in [0.05, 0.1) is 13.7 Å². The summed E-state index contributed by atoms with van der Waals surface area (Å²) in [7, 11) is 1.25. The number of aromatic nitrogens is 1. The molecule has 25 heavy (non-hydrogen) atoms. The first-order valence-electron chi connectivity index (χ1n) is 7.98. The molecule has 1 aromatic heterocycles. The number of nitrogens with zero attached hydrogens (tertiary/aromatic N) is 2. The molecule has 0 aliphatic heterocycles. The van der Waals surface area contributed by atoms with E-state index in [1.165, 1.54) is 36.5 Å². The van der Waals surface area contributed by atoms with Crippen molar-refractivity contribution in [1.82, 2.24) is 9.88 Å². The van der Waals surface area contributed by atoms with Gasteiger partial charge in [0, 0.05) is 12.1 Å². The van der Waals surface area contributed by atoms with Gasteiger partial charge in [-0.1, -0.05) is 19.9 Å². The summed E-state index contributed by atoms with van der Waals surface area (Å²) >= 11 is 0. The van der Waals surface area contributed by atoms with Crippen LogP contribution >= 0.6 is 0 Å². The maximum Gasteiger partial charge on any atom is 0.360 e. The third-order valence-corrected chi connectivity index (χ3v) is 3.61. The Morgan fingerprint density at radius 2 is 2.12 bits per heavy atom. The SMILES string of the molecule is COC(=O)c1coc(CN(CCC(C)C)C(=O)c2cccc(F)c2)n1. The van der Waals surface area contributed by atoms with Crippen molar-refractivity contribution >= 4 is 11.9 Å². The molecule has 2 rings (SSSR count). The number of esters is 1. The van der Waals surface area contributed by atoms with Crippen LogP contribution in [-0.2, 0) is 11.3 Å². The summed E-state index contributed by atoms with van der Waals surface area (Å²) in [5.41, 5.74) is 0.294. The second kappa shape index (κ2) is 8.41. The first kappa shape index (κ1) is 18.6. The maximum atomic E-state index is 13.4. The zero-order chi connectivity index (χ0) is 18.4. The summed E-state index contributed by atoms with van der Waals surface area (Å²) in [6.07, 6.45) is 1.96. The molecule has 7 heteroatoms. The smallest absolute Gasteiger partial charge is 0.360 e. The number of carbonyl (C=O) groups excluding carboxylic acids is 2. The van der Waals surface area contributed by atoms with Crippen molar-refractivity contribution in [2.45, 2.75) is 26.8 Å². The Kier molecular flexibility index (Phi) is 6.27. The Morgan fingerprint density at radius 1 is 1.36 bits per heavy atom. The summed E-state index contributed by atoms with van der Waals surface area (Å²) in [6.45, 7) is 4.64. The molecule has 0 unspecified atom stereocenters. The fraction of sp³-hybridized carbons (Fsp3) is 0.389. The molecule has 0 spiro atoms. The lowest BCUT2D eigenvalue weighted by Gasteiger charge is -2.22. The third kappa shape index (κ3) is 5.14. The van der Waals surface area contributed by atoms with Gasteiger partial charge in [-0.2, -0.15) is 0 Å². The molecule has 134 valence electrons. The first-order chi connectivity index (χ1) is 11.9. The highest BCUT2D eigenvalue weighted by Gasteiger charge is 2.20. The molecule has 0 saturated carbocycles. The molecule has 0 aliphatic rings. The molecule has 0 N–H and O–H groups in total. The summed E-state index contributed by atoms with van der Waals surface area (Å²) in [5.74, 6) is -0.802. The lowest BCUT2D eigenvalue weighted by molar-refractivity contribution is 0.0594. The number of methoxy groups -OCH3 is 1. The lowest BCUT2D eigenvalue weighted by Crippen LogP contribution is -2.32. The zero-order valence-corrected chi connectivity index (χ0v) is 14.5. The van der Waals surface area contributed by atoms with Crippen LogP contribution in [0.5, 0.6) is 0 Å². The molecular formula is C18H21FN2O4. The highest BCUT2D eigenvalue weighted by Crippen LogP contribution is 2.14. The van der Waals surface area contributed by atoms with Gasteiger partial charge in [-0.15, -0.1) is 0 Å². The van der Waals surface area contributed by atoms with Gasteiger partial charge in [-0.05, 0) is 30.5 Å². The van der Waals surface area contributed by atoms with E-state index in [9.17, 15) is 14.0 Å². The van der Waals surface area contributed by atoms with Gasteiger partial charge in [-0.25, -0.2) is 14.2 Å². The molecule has 1 amide bonds. The molecule has 0 saturated heterocycles. The highest BCUT2D eigenvalue weighted by molar-refractivity contribution is 5.94. The van der Waals surface area contributed by atoms with Gasteiger partial charge in [0.15, 0.2) is 5.69 Å². The number of hydrogen-bond acceptors (Lipinski definition) is 5.